The van der Waals surface area contributed by atoms with Crippen molar-refractivity contribution in [3.05, 3.63) is 0 Å². The van der Waals surface area contributed by atoms with Crippen molar-refractivity contribution in [2.75, 3.05) is 24.6 Å². The summed E-state index contributed by atoms with van der Waals surface area (Å²) in [7, 11) is 0. The quantitative estimate of drug-likeness (QED) is 0.614. The summed E-state index contributed by atoms with van der Waals surface area (Å²) in [6, 6.07) is 0.293. The van der Waals surface area contributed by atoms with Crippen LogP contribution in [0.25, 0.3) is 0 Å². The molecule has 2 N–H and O–H groups in total. The minimum atomic E-state index is -0.649. The topological polar surface area (TPSA) is 95.6 Å². The van der Waals surface area contributed by atoms with Crippen molar-refractivity contribution in [1.29, 1.82) is 0 Å². The van der Waals surface area contributed by atoms with E-state index in [0.717, 1.165) is 12.8 Å². The fourth-order valence-electron chi connectivity index (χ4n) is 3.19. The first-order chi connectivity index (χ1) is 11.8. The summed E-state index contributed by atoms with van der Waals surface area (Å²) in [5, 5.41) is 5.66. The third-order valence-corrected chi connectivity index (χ3v) is 5.50. The molecule has 0 unspecified atom stereocenters. The second-order valence-electron chi connectivity index (χ2n) is 7.30. The van der Waals surface area contributed by atoms with Gasteiger partial charge in [0.1, 0.15) is 0 Å². The van der Waals surface area contributed by atoms with E-state index < -0.39 is 5.41 Å². The SMILES string of the molecule is CC1(C)CC(=O)N(CCNC(=O)CSCC(=O)NC2CCCC2)C1=O. The standard InChI is InChI=1S/C17H27N3O4S/c1-17(2)9-15(23)20(16(17)24)8-7-18-13(21)10-25-11-14(22)19-12-5-3-4-6-12/h12H,3-11H2,1-2H3,(H,18,21)(H,19,22). The Kier molecular flexibility index (Phi) is 6.87. The molecule has 0 aromatic heterocycles. The molecule has 2 aliphatic rings. The highest BCUT2D eigenvalue weighted by molar-refractivity contribution is 8.00. The Labute approximate surface area is 152 Å². The van der Waals surface area contributed by atoms with Gasteiger partial charge in [-0.2, -0.15) is 0 Å². The Morgan fingerprint density at radius 2 is 1.80 bits per heavy atom. The van der Waals surface area contributed by atoms with Crippen molar-refractivity contribution in [2.45, 2.75) is 52.0 Å². The lowest BCUT2D eigenvalue weighted by molar-refractivity contribution is -0.141. The molecular weight excluding hydrogens is 342 g/mol. The van der Waals surface area contributed by atoms with Crippen LogP contribution in [0.15, 0.2) is 0 Å². The van der Waals surface area contributed by atoms with Crippen LogP contribution in [-0.4, -0.2) is 59.2 Å². The lowest BCUT2D eigenvalue weighted by atomic mass is 9.92. The van der Waals surface area contributed by atoms with E-state index in [9.17, 15) is 19.2 Å². The van der Waals surface area contributed by atoms with Gasteiger partial charge in [-0.25, -0.2) is 0 Å². The van der Waals surface area contributed by atoms with Crippen LogP contribution in [0.5, 0.6) is 0 Å². The summed E-state index contributed by atoms with van der Waals surface area (Å²) < 4.78 is 0. The Bertz CT molecular complexity index is 544. The third kappa shape index (κ3) is 5.73. The van der Waals surface area contributed by atoms with Gasteiger partial charge in [0.2, 0.25) is 23.6 Å². The predicted octanol–water partition coefficient (Wildman–Crippen LogP) is 0.680. The van der Waals surface area contributed by atoms with Gasteiger partial charge in [0.25, 0.3) is 0 Å². The zero-order chi connectivity index (χ0) is 18.4. The number of nitrogens with one attached hydrogen (secondary N) is 2. The smallest absolute Gasteiger partial charge is 0.235 e. The van der Waals surface area contributed by atoms with E-state index in [2.05, 4.69) is 10.6 Å². The van der Waals surface area contributed by atoms with Gasteiger partial charge in [-0.3, -0.25) is 24.1 Å². The van der Waals surface area contributed by atoms with Crippen LogP contribution in [0, 0.1) is 5.41 Å². The summed E-state index contributed by atoms with van der Waals surface area (Å²) >= 11 is 1.26. The van der Waals surface area contributed by atoms with Crippen LogP contribution in [0.4, 0.5) is 0 Å². The van der Waals surface area contributed by atoms with Gasteiger partial charge < -0.3 is 10.6 Å². The Morgan fingerprint density at radius 3 is 2.40 bits per heavy atom. The van der Waals surface area contributed by atoms with Gasteiger partial charge >= 0.3 is 0 Å². The number of hydrogen-bond donors (Lipinski definition) is 2. The molecule has 1 saturated carbocycles. The van der Waals surface area contributed by atoms with Gasteiger partial charge in [0.15, 0.2) is 0 Å². The first kappa shape index (κ1) is 19.8. The van der Waals surface area contributed by atoms with Crippen LogP contribution in [0.2, 0.25) is 0 Å². The molecule has 25 heavy (non-hydrogen) atoms. The molecule has 2 rings (SSSR count). The molecular formula is C17H27N3O4S. The molecule has 2 fully saturated rings. The largest absolute Gasteiger partial charge is 0.354 e. The lowest BCUT2D eigenvalue weighted by Crippen LogP contribution is -2.40. The monoisotopic (exact) mass is 369 g/mol. The molecule has 1 saturated heterocycles. The number of amides is 4. The van der Waals surface area contributed by atoms with Gasteiger partial charge in [-0.1, -0.05) is 26.7 Å². The van der Waals surface area contributed by atoms with E-state index in [0.29, 0.717) is 6.04 Å². The Hall–Kier alpha value is -1.57. The maximum atomic E-state index is 12.0. The van der Waals surface area contributed by atoms with Crippen LogP contribution >= 0.6 is 11.8 Å². The molecule has 1 aliphatic heterocycles. The Morgan fingerprint density at radius 1 is 1.16 bits per heavy atom. The van der Waals surface area contributed by atoms with Crippen molar-refractivity contribution in [1.82, 2.24) is 15.5 Å². The van der Waals surface area contributed by atoms with E-state index in [1.807, 2.05) is 0 Å². The fourth-order valence-corrected chi connectivity index (χ4v) is 3.85. The van der Waals surface area contributed by atoms with Crippen LogP contribution in [0.3, 0.4) is 0 Å². The molecule has 0 radical (unpaired) electrons. The van der Waals surface area contributed by atoms with Gasteiger partial charge in [0, 0.05) is 25.6 Å². The molecule has 0 spiro atoms. The Balaban J connectivity index is 1.57. The summed E-state index contributed by atoms with van der Waals surface area (Å²) in [5.74, 6) is -0.156. The number of thioether (sulfide) groups is 1. The summed E-state index contributed by atoms with van der Waals surface area (Å²) in [5.41, 5.74) is -0.649. The van der Waals surface area contributed by atoms with Gasteiger partial charge in [-0.05, 0) is 12.8 Å². The number of carbonyl (C=O) groups is 4. The van der Waals surface area contributed by atoms with Crippen molar-refractivity contribution in [3.63, 3.8) is 0 Å². The van der Waals surface area contributed by atoms with Crippen molar-refractivity contribution in [2.24, 2.45) is 5.41 Å². The molecule has 0 aromatic rings. The highest BCUT2D eigenvalue weighted by Gasteiger charge is 2.44. The zero-order valence-corrected chi connectivity index (χ0v) is 15.7. The molecule has 1 heterocycles. The summed E-state index contributed by atoms with van der Waals surface area (Å²) in [4.78, 5) is 48.6. The first-order valence-corrected chi connectivity index (χ1v) is 9.93. The average molecular weight is 369 g/mol. The minimum Gasteiger partial charge on any atom is -0.354 e. The molecule has 0 atom stereocenters. The maximum Gasteiger partial charge on any atom is 0.235 e. The second-order valence-corrected chi connectivity index (χ2v) is 8.29. The molecule has 8 heteroatoms. The predicted molar refractivity (Wildman–Crippen MR) is 95.9 cm³/mol. The van der Waals surface area contributed by atoms with E-state index >= 15 is 0 Å². The van der Waals surface area contributed by atoms with Crippen molar-refractivity contribution < 1.29 is 19.2 Å². The first-order valence-electron chi connectivity index (χ1n) is 8.78. The average Bonchev–Trinajstić information content (AvgIpc) is 3.09. The lowest BCUT2D eigenvalue weighted by Gasteiger charge is -2.17. The number of nitrogens with zero attached hydrogens (tertiary/aromatic N) is 1. The van der Waals surface area contributed by atoms with Crippen LogP contribution in [0.1, 0.15) is 46.0 Å². The normalized spacial score (nSPS) is 20.2. The van der Waals surface area contributed by atoms with Crippen LogP contribution < -0.4 is 10.6 Å². The van der Waals surface area contributed by atoms with Gasteiger partial charge in [-0.15, -0.1) is 11.8 Å². The highest BCUT2D eigenvalue weighted by Crippen LogP contribution is 2.31. The second kappa shape index (κ2) is 8.69. The number of likely N-dealkylation sites (tertiary alicyclic amines) is 1. The third-order valence-electron chi connectivity index (χ3n) is 4.56. The molecule has 4 amide bonds. The van der Waals surface area contributed by atoms with E-state index in [1.165, 1.54) is 29.5 Å². The summed E-state index contributed by atoms with van der Waals surface area (Å²) in [6.45, 7) is 3.93. The number of carbonyl (C=O) groups excluding carboxylic acids is 4. The highest BCUT2D eigenvalue weighted by atomic mass is 32.2. The zero-order valence-electron chi connectivity index (χ0n) is 14.9. The van der Waals surface area contributed by atoms with E-state index in [1.54, 1.807) is 13.8 Å². The summed E-state index contributed by atoms with van der Waals surface area (Å²) in [6.07, 6.45) is 4.63. The van der Waals surface area contributed by atoms with Crippen molar-refractivity contribution >= 4 is 35.4 Å². The number of imide groups is 1. The fraction of sp³-hybridized carbons (Fsp3) is 0.765. The number of rotatable bonds is 8. The maximum absolute atomic E-state index is 12.0. The minimum absolute atomic E-state index is 0.0276. The van der Waals surface area contributed by atoms with Gasteiger partial charge in [0.05, 0.1) is 16.9 Å². The van der Waals surface area contributed by atoms with E-state index in [4.69, 9.17) is 0 Å². The number of hydrogen-bond acceptors (Lipinski definition) is 5. The van der Waals surface area contributed by atoms with E-state index in [-0.39, 0.29) is 54.6 Å². The molecule has 0 bridgehead atoms. The van der Waals surface area contributed by atoms with Crippen molar-refractivity contribution in [3.8, 4) is 0 Å². The molecule has 1 aliphatic carbocycles. The molecule has 140 valence electrons. The molecule has 7 nitrogen and oxygen atoms in total. The molecule has 0 aromatic carbocycles. The van der Waals surface area contributed by atoms with Crippen LogP contribution in [-0.2, 0) is 19.2 Å².